The fourth-order valence-corrected chi connectivity index (χ4v) is 1.62. The number of hydrogen-bond donors (Lipinski definition) is 1. The first-order chi connectivity index (χ1) is 9.63. The number of aliphatic hydroxyl groups is 1. The van der Waals surface area contributed by atoms with Gasteiger partial charge in [0.1, 0.15) is 6.61 Å². The third-order valence-electron chi connectivity index (χ3n) is 3.30. The molecule has 21 heavy (non-hydrogen) atoms. The fourth-order valence-electron chi connectivity index (χ4n) is 1.62. The summed E-state index contributed by atoms with van der Waals surface area (Å²) in [6, 6.07) is 2.03. The Morgan fingerprint density at radius 3 is 2.29 bits per heavy atom. The van der Waals surface area contributed by atoms with Crippen molar-refractivity contribution in [3.8, 4) is 5.75 Å². The zero-order valence-electron chi connectivity index (χ0n) is 11.6. The smallest absolute Gasteiger partial charge is 0.416 e. The van der Waals surface area contributed by atoms with Gasteiger partial charge in [-0.1, -0.05) is 13.8 Å². The molecule has 8 heteroatoms. The summed E-state index contributed by atoms with van der Waals surface area (Å²) in [4.78, 5) is 9.92. The molecule has 0 radical (unpaired) electrons. The van der Waals surface area contributed by atoms with Crippen LogP contribution < -0.4 is 4.74 Å². The van der Waals surface area contributed by atoms with E-state index in [1.54, 1.807) is 13.8 Å². The van der Waals surface area contributed by atoms with E-state index in [-0.39, 0.29) is 12.4 Å². The number of nitro benzene ring substituents is 1. The Hall–Kier alpha value is -1.83. The predicted molar refractivity (Wildman–Crippen MR) is 69.1 cm³/mol. The van der Waals surface area contributed by atoms with Crippen LogP contribution in [0, 0.1) is 10.1 Å². The highest BCUT2D eigenvalue weighted by Crippen LogP contribution is 2.36. The Morgan fingerprint density at radius 2 is 1.86 bits per heavy atom. The molecule has 1 N–H and O–H groups in total. The Bertz CT molecular complexity index is 513. The van der Waals surface area contributed by atoms with E-state index in [4.69, 9.17) is 4.74 Å². The molecule has 0 aliphatic rings. The Balaban J connectivity index is 3.05. The molecule has 0 bridgehead atoms. The largest absolute Gasteiger partial charge is 0.484 e. The molecule has 1 aromatic carbocycles. The monoisotopic (exact) mass is 307 g/mol. The van der Waals surface area contributed by atoms with Gasteiger partial charge in [-0.25, -0.2) is 0 Å². The molecule has 0 aliphatic heterocycles. The third kappa shape index (κ3) is 4.32. The molecule has 0 unspecified atom stereocenters. The van der Waals surface area contributed by atoms with Crippen LogP contribution in [0.2, 0.25) is 0 Å². The lowest BCUT2D eigenvalue weighted by molar-refractivity contribution is -0.386. The first-order valence-corrected chi connectivity index (χ1v) is 6.34. The summed E-state index contributed by atoms with van der Waals surface area (Å²) in [7, 11) is 0. The van der Waals surface area contributed by atoms with Gasteiger partial charge in [-0.05, 0) is 25.0 Å². The minimum atomic E-state index is -4.67. The molecular weight excluding hydrogens is 291 g/mol. The maximum Gasteiger partial charge on any atom is 0.416 e. The number of ether oxygens (including phenoxy) is 1. The molecule has 0 saturated carbocycles. The lowest BCUT2D eigenvalue weighted by atomic mass is 9.99. The second-order valence-corrected chi connectivity index (χ2v) is 4.66. The molecule has 5 nitrogen and oxygen atoms in total. The number of hydrogen-bond acceptors (Lipinski definition) is 4. The molecule has 0 heterocycles. The molecule has 0 saturated heterocycles. The van der Waals surface area contributed by atoms with E-state index < -0.39 is 28.0 Å². The maximum absolute atomic E-state index is 12.5. The van der Waals surface area contributed by atoms with Crippen molar-refractivity contribution in [2.75, 3.05) is 6.61 Å². The van der Waals surface area contributed by atoms with Crippen LogP contribution >= 0.6 is 0 Å². The van der Waals surface area contributed by atoms with Crippen LogP contribution in [0.5, 0.6) is 5.75 Å². The van der Waals surface area contributed by atoms with Crippen molar-refractivity contribution < 1.29 is 27.9 Å². The zero-order chi connectivity index (χ0) is 16.3. The van der Waals surface area contributed by atoms with Gasteiger partial charge in [-0.3, -0.25) is 10.1 Å². The quantitative estimate of drug-likeness (QED) is 0.644. The lowest BCUT2D eigenvalue weighted by Crippen LogP contribution is -2.34. The topological polar surface area (TPSA) is 72.6 Å². The number of alkyl halides is 3. The minimum absolute atomic E-state index is 0.230. The highest BCUT2D eigenvalue weighted by molar-refractivity contribution is 5.49. The summed E-state index contributed by atoms with van der Waals surface area (Å²) >= 11 is 0. The Kier molecular flexibility index (Phi) is 5.16. The van der Waals surface area contributed by atoms with Crippen LogP contribution in [-0.2, 0) is 6.18 Å². The normalized spacial score (nSPS) is 12.3. The van der Waals surface area contributed by atoms with E-state index in [0.717, 1.165) is 6.07 Å². The van der Waals surface area contributed by atoms with Crippen molar-refractivity contribution in [1.29, 1.82) is 0 Å². The van der Waals surface area contributed by atoms with Crippen molar-refractivity contribution in [2.45, 2.75) is 38.5 Å². The number of nitrogens with zero attached hydrogens (tertiary/aromatic N) is 1. The van der Waals surface area contributed by atoms with E-state index >= 15 is 0 Å². The van der Waals surface area contributed by atoms with E-state index in [9.17, 15) is 28.4 Å². The third-order valence-corrected chi connectivity index (χ3v) is 3.30. The molecule has 0 atom stereocenters. The second kappa shape index (κ2) is 6.30. The standard InChI is InChI=1S/C13H16F3NO4/c1-3-12(18,4-2)8-21-11-6-5-9(13(14,15)16)7-10(11)17(19)20/h5-7,18H,3-4,8H2,1-2H3. The molecule has 118 valence electrons. The minimum Gasteiger partial charge on any atom is -0.484 e. The SMILES string of the molecule is CCC(O)(CC)COc1ccc(C(F)(F)F)cc1[N+](=O)[O-]. The molecule has 0 aromatic heterocycles. The van der Waals surface area contributed by atoms with Gasteiger partial charge in [0.15, 0.2) is 5.75 Å². The highest BCUT2D eigenvalue weighted by atomic mass is 19.4. The fraction of sp³-hybridized carbons (Fsp3) is 0.538. The van der Waals surface area contributed by atoms with Crippen LogP contribution in [0.4, 0.5) is 18.9 Å². The van der Waals surface area contributed by atoms with Crippen molar-refractivity contribution in [3.05, 3.63) is 33.9 Å². The summed E-state index contributed by atoms with van der Waals surface area (Å²) in [5.74, 6) is -0.298. The number of halogens is 3. The molecule has 0 aliphatic carbocycles. The molecule has 0 fully saturated rings. The van der Waals surface area contributed by atoms with Gasteiger partial charge in [0.25, 0.3) is 0 Å². The second-order valence-electron chi connectivity index (χ2n) is 4.66. The van der Waals surface area contributed by atoms with Crippen LogP contribution in [0.25, 0.3) is 0 Å². The average Bonchev–Trinajstić information content (AvgIpc) is 2.43. The van der Waals surface area contributed by atoms with Crippen LogP contribution in [0.15, 0.2) is 18.2 Å². The van der Waals surface area contributed by atoms with Gasteiger partial charge in [0.2, 0.25) is 0 Å². The van der Waals surface area contributed by atoms with Gasteiger partial charge >= 0.3 is 11.9 Å². The maximum atomic E-state index is 12.5. The van der Waals surface area contributed by atoms with Crippen LogP contribution in [0.3, 0.4) is 0 Å². The number of rotatable bonds is 6. The summed E-state index contributed by atoms with van der Waals surface area (Å²) < 4.78 is 42.8. The number of nitro groups is 1. The Morgan fingerprint density at radius 1 is 1.29 bits per heavy atom. The van der Waals surface area contributed by atoms with E-state index in [2.05, 4.69) is 0 Å². The van der Waals surface area contributed by atoms with Gasteiger partial charge in [0, 0.05) is 6.07 Å². The van der Waals surface area contributed by atoms with Gasteiger partial charge in [-0.2, -0.15) is 13.2 Å². The summed E-state index contributed by atoms with van der Waals surface area (Å²) in [5.41, 5.74) is -3.07. The van der Waals surface area contributed by atoms with Gasteiger partial charge < -0.3 is 9.84 Å². The zero-order valence-corrected chi connectivity index (χ0v) is 11.6. The van der Waals surface area contributed by atoms with Crippen molar-refractivity contribution in [3.63, 3.8) is 0 Å². The molecular formula is C13H16F3NO4. The molecule has 0 amide bonds. The van der Waals surface area contributed by atoms with Gasteiger partial charge in [0.05, 0.1) is 16.1 Å². The molecule has 0 spiro atoms. The number of benzene rings is 1. The summed E-state index contributed by atoms with van der Waals surface area (Å²) in [6.45, 7) is 3.20. The van der Waals surface area contributed by atoms with E-state index in [0.29, 0.717) is 25.0 Å². The van der Waals surface area contributed by atoms with E-state index in [1.165, 1.54) is 0 Å². The predicted octanol–water partition coefficient (Wildman–Crippen LogP) is 3.54. The summed E-state index contributed by atoms with van der Waals surface area (Å²) in [6.07, 6.45) is -3.95. The van der Waals surface area contributed by atoms with Crippen LogP contribution in [0.1, 0.15) is 32.3 Å². The average molecular weight is 307 g/mol. The highest BCUT2D eigenvalue weighted by Gasteiger charge is 2.34. The Labute approximate surface area is 119 Å². The van der Waals surface area contributed by atoms with Crippen molar-refractivity contribution in [2.24, 2.45) is 0 Å². The molecule has 1 aromatic rings. The lowest BCUT2D eigenvalue weighted by Gasteiger charge is -2.25. The van der Waals surface area contributed by atoms with Crippen molar-refractivity contribution >= 4 is 5.69 Å². The first kappa shape index (κ1) is 17.2. The van der Waals surface area contributed by atoms with E-state index in [1.807, 2.05) is 0 Å². The molecule has 1 rings (SSSR count). The summed E-state index contributed by atoms with van der Waals surface area (Å²) in [5, 5.41) is 20.9. The van der Waals surface area contributed by atoms with Crippen LogP contribution in [-0.4, -0.2) is 22.2 Å². The first-order valence-electron chi connectivity index (χ1n) is 6.34. The van der Waals surface area contributed by atoms with Crippen molar-refractivity contribution in [1.82, 2.24) is 0 Å². The van der Waals surface area contributed by atoms with Gasteiger partial charge in [-0.15, -0.1) is 0 Å².